The molecule has 0 aromatic carbocycles. The van der Waals surface area contributed by atoms with Crippen LogP contribution in [0.4, 0.5) is 11.6 Å². The van der Waals surface area contributed by atoms with Crippen molar-refractivity contribution in [2.75, 3.05) is 31.4 Å². The number of aromatic nitrogens is 2. The lowest BCUT2D eigenvalue weighted by Crippen LogP contribution is -2.21. The van der Waals surface area contributed by atoms with E-state index in [0.717, 1.165) is 30.4 Å². The van der Waals surface area contributed by atoms with E-state index in [2.05, 4.69) is 27.6 Å². The second-order valence-electron chi connectivity index (χ2n) is 3.62. The predicted octanol–water partition coefficient (Wildman–Crippen LogP) is 1.50. The van der Waals surface area contributed by atoms with Gasteiger partial charge in [-0.3, -0.25) is 0 Å². The fourth-order valence-corrected chi connectivity index (χ4v) is 1.20. The molecule has 0 spiro atoms. The minimum atomic E-state index is 0.764. The van der Waals surface area contributed by atoms with Gasteiger partial charge >= 0.3 is 0 Å². The van der Waals surface area contributed by atoms with Crippen LogP contribution in [-0.2, 0) is 0 Å². The van der Waals surface area contributed by atoms with Crippen LogP contribution in [0.1, 0.15) is 19.2 Å². The lowest BCUT2D eigenvalue weighted by atomic mass is 10.4. The monoisotopic (exact) mass is 209 g/mol. The maximum absolute atomic E-state index is 4.30. The Morgan fingerprint density at radius 3 is 2.53 bits per heavy atom. The minimum absolute atomic E-state index is 0.764. The fourth-order valence-electron chi connectivity index (χ4n) is 1.20. The van der Waals surface area contributed by atoms with E-state index in [9.17, 15) is 0 Å². The van der Waals surface area contributed by atoms with E-state index in [-0.39, 0.29) is 0 Å². The number of nitrogens with one attached hydrogen (secondary N) is 2. The molecule has 0 aliphatic carbocycles. The van der Waals surface area contributed by atoms with Gasteiger partial charge in [0.2, 0.25) is 0 Å². The highest BCUT2D eigenvalue weighted by Crippen LogP contribution is 2.10. The largest absolute Gasteiger partial charge is 0.370 e. The molecule has 5 heteroatoms. The van der Waals surface area contributed by atoms with Crippen LogP contribution >= 0.6 is 0 Å². The van der Waals surface area contributed by atoms with Gasteiger partial charge in [-0.2, -0.15) is 0 Å². The fraction of sp³-hybridized carbons (Fsp3) is 0.600. The SMILES string of the molecule is CCCNc1cc(NN(C)C)nc(C)n1. The summed E-state index contributed by atoms with van der Waals surface area (Å²) in [6.45, 7) is 4.94. The third kappa shape index (κ3) is 4.12. The minimum Gasteiger partial charge on any atom is -0.370 e. The molecule has 0 aliphatic heterocycles. The predicted molar refractivity (Wildman–Crippen MR) is 62.9 cm³/mol. The molecule has 0 bridgehead atoms. The van der Waals surface area contributed by atoms with Crippen molar-refractivity contribution in [2.45, 2.75) is 20.3 Å². The molecule has 15 heavy (non-hydrogen) atoms. The van der Waals surface area contributed by atoms with Gasteiger partial charge in [-0.05, 0) is 13.3 Å². The van der Waals surface area contributed by atoms with Crippen molar-refractivity contribution in [3.05, 3.63) is 11.9 Å². The lowest BCUT2D eigenvalue weighted by Gasteiger charge is -2.14. The normalized spacial score (nSPS) is 10.5. The maximum Gasteiger partial charge on any atom is 0.146 e. The van der Waals surface area contributed by atoms with E-state index in [1.807, 2.05) is 32.1 Å². The van der Waals surface area contributed by atoms with E-state index in [0.29, 0.717) is 0 Å². The zero-order chi connectivity index (χ0) is 11.3. The standard InChI is InChI=1S/C10H19N5/c1-5-6-11-9-7-10(14-15(3)4)13-8(2)12-9/h7H,5-6H2,1-4H3,(H2,11,12,13,14). The van der Waals surface area contributed by atoms with Gasteiger partial charge in [0.15, 0.2) is 0 Å². The van der Waals surface area contributed by atoms with Crippen molar-refractivity contribution >= 4 is 11.6 Å². The van der Waals surface area contributed by atoms with Crippen LogP contribution in [0.25, 0.3) is 0 Å². The molecular formula is C10H19N5. The average Bonchev–Trinajstić information content (AvgIpc) is 2.12. The third-order valence-corrected chi connectivity index (χ3v) is 1.73. The Bertz CT molecular complexity index is 311. The highest BCUT2D eigenvalue weighted by atomic mass is 15.5. The molecule has 0 atom stereocenters. The van der Waals surface area contributed by atoms with E-state index in [1.54, 1.807) is 0 Å². The first kappa shape index (κ1) is 11.7. The molecular weight excluding hydrogens is 190 g/mol. The number of hydrazine groups is 1. The Balaban J connectivity index is 2.75. The van der Waals surface area contributed by atoms with Crippen LogP contribution in [0.3, 0.4) is 0 Å². The van der Waals surface area contributed by atoms with Gasteiger partial charge in [-0.15, -0.1) is 0 Å². The van der Waals surface area contributed by atoms with Gasteiger partial charge in [0.1, 0.15) is 17.5 Å². The van der Waals surface area contributed by atoms with Crippen molar-refractivity contribution in [1.29, 1.82) is 0 Å². The first-order valence-corrected chi connectivity index (χ1v) is 5.15. The summed E-state index contributed by atoms with van der Waals surface area (Å²) < 4.78 is 0. The lowest BCUT2D eigenvalue weighted by molar-refractivity contribution is 0.492. The van der Waals surface area contributed by atoms with Crippen molar-refractivity contribution < 1.29 is 0 Å². The Labute approximate surface area is 90.9 Å². The van der Waals surface area contributed by atoms with Gasteiger partial charge in [-0.25, -0.2) is 15.0 Å². The molecule has 0 amide bonds. The molecule has 1 rings (SSSR count). The van der Waals surface area contributed by atoms with Crippen molar-refractivity contribution in [2.24, 2.45) is 0 Å². The number of nitrogens with zero attached hydrogens (tertiary/aromatic N) is 3. The van der Waals surface area contributed by atoms with Gasteiger partial charge in [0.25, 0.3) is 0 Å². The number of aryl methyl sites for hydroxylation is 1. The van der Waals surface area contributed by atoms with Crippen LogP contribution in [0.2, 0.25) is 0 Å². The average molecular weight is 209 g/mol. The molecule has 2 N–H and O–H groups in total. The molecule has 84 valence electrons. The van der Waals surface area contributed by atoms with Gasteiger partial charge in [0, 0.05) is 26.7 Å². The molecule has 1 aromatic heterocycles. The van der Waals surface area contributed by atoms with E-state index in [4.69, 9.17) is 0 Å². The van der Waals surface area contributed by atoms with Crippen LogP contribution in [0.5, 0.6) is 0 Å². The number of hydrogen-bond acceptors (Lipinski definition) is 5. The molecule has 0 radical (unpaired) electrons. The molecule has 1 heterocycles. The summed E-state index contributed by atoms with van der Waals surface area (Å²) in [5.74, 6) is 2.44. The van der Waals surface area contributed by atoms with Crippen molar-refractivity contribution in [3.8, 4) is 0 Å². The van der Waals surface area contributed by atoms with E-state index < -0.39 is 0 Å². The summed E-state index contributed by atoms with van der Waals surface area (Å²) in [5.41, 5.74) is 3.10. The summed E-state index contributed by atoms with van der Waals surface area (Å²) in [5, 5.41) is 5.09. The van der Waals surface area contributed by atoms with Crippen molar-refractivity contribution in [1.82, 2.24) is 15.0 Å². The summed E-state index contributed by atoms with van der Waals surface area (Å²) in [7, 11) is 3.85. The molecule has 5 nitrogen and oxygen atoms in total. The first-order valence-electron chi connectivity index (χ1n) is 5.15. The molecule has 0 unspecified atom stereocenters. The number of anilines is 2. The second-order valence-corrected chi connectivity index (χ2v) is 3.62. The second kappa shape index (κ2) is 5.50. The Kier molecular flexibility index (Phi) is 4.30. The van der Waals surface area contributed by atoms with Crippen LogP contribution in [0.15, 0.2) is 6.07 Å². The van der Waals surface area contributed by atoms with Crippen molar-refractivity contribution in [3.63, 3.8) is 0 Å². The first-order chi connectivity index (χ1) is 7.11. The Morgan fingerprint density at radius 1 is 1.27 bits per heavy atom. The third-order valence-electron chi connectivity index (χ3n) is 1.73. The van der Waals surface area contributed by atoms with Gasteiger partial charge in [-0.1, -0.05) is 6.92 Å². The molecule has 0 aliphatic rings. The Morgan fingerprint density at radius 2 is 1.93 bits per heavy atom. The van der Waals surface area contributed by atoms with Crippen LogP contribution < -0.4 is 10.7 Å². The summed E-state index contributed by atoms with van der Waals surface area (Å²) in [6.07, 6.45) is 1.08. The van der Waals surface area contributed by atoms with Crippen LogP contribution in [0, 0.1) is 6.92 Å². The highest BCUT2D eigenvalue weighted by Gasteiger charge is 2.01. The summed E-state index contributed by atoms with van der Waals surface area (Å²) >= 11 is 0. The van der Waals surface area contributed by atoms with Gasteiger partial charge in [0.05, 0.1) is 0 Å². The maximum atomic E-state index is 4.30. The topological polar surface area (TPSA) is 53.1 Å². The quantitative estimate of drug-likeness (QED) is 0.720. The van der Waals surface area contributed by atoms with E-state index >= 15 is 0 Å². The molecule has 0 fully saturated rings. The van der Waals surface area contributed by atoms with Gasteiger partial charge < -0.3 is 10.7 Å². The molecule has 0 saturated carbocycles. The Hall–Kier alpha value is -1.36. The summed E-state index contributed by atoms with van der Waals surface area (Å²) in [6, 6.07) is 1.91. The smallest absolute Gasteiger partial charge is 0.146 e. The molecule has 1 aromatic rings. The summed E-state index contributed by atoms with van der Waals surface area (Å²) in [4.78, 5) is 8.58. The highest BCUT2D eigenvalue weighted by molar-refractivity contribution is 5.46. The van der Waals surface area contributed by atoms with E-state index in [1.165, 1.54) is 0 Å². The van der Waals surface area contributed by atoms with Crippen LogP contribution in [-0.4, -0.2) is 35.6 Å². The zero-order valence-electron chi connectivity index (χ0n) is 9.83. The zero-order valence-corrected chi connectivity index (χ0v) is 9.83. The molecule has 0 saturated heterocycles. The number of rotatable bonds is 5. The number of hydrogen-bond donors (Lipinski definition) is 2.